The zero-order valence-corrected chi connectivity index (χ0v) is 23.3. The van der Waals surface area contributed by atoms with E-state index >= 15 is 0 Å². The van der Waals surface area contributed by atoms with Crippen molar-refractivity contribution in [2.45, 2.75) is 39.7 Å². The Hall–Kier alpha value is -5.53. The third-order valence-electron chi connectivity index (χ3n) is 7.04. The summed E-state index contributed by atoms with van der Waals surface area (Å²) in [7, 11) is 1.42. The summed E-state index contributed by atoms with van der Waals surface area (Å²) in [5, 5.41) is 26.3. The average Bonchev–Trinajstić information content (AvgIpc) is 3.68. The number of phenols is 1. The van der Waals surface area contributed by atoms with Crippen molar-refractivity contribution in [3.63, 3.8) is 0 Å². The number of carbonyl (C=O) groups excluding carboxylic acids is 1. The Labute approximate surface area is 237 Å². The van der Waals surface area contributed by atoms with E-state index in [2.05, 4.69) is 37.0 Å². The molecule has 0 atom stereocenters. The molecule has 0 aliphatic heterocycles. The minimum absolute atomic E-state index is 0.0578. The number of aryl methyl sites for hydroxylation is 2. The van der Waals surface area contributed by atoms with Crippen LogP contribution in [0.3, 0.4) is 0 Å². The van der Waals surface area contributed by atoms with Crippen LogP contribution in [0.5, 0.6) is 11.5 Å². The monoisotopic (exact) mass is 569 g/mol. The SMILES string of the molecule is CCCn1ccc2cc(-n3c(-c4cc(C(C)C)c(OC(=O)c5ncn6c(=O)n(C)nnc56)cc4O)n[nH]c3=O)ccc21. The van der Waals surface area contributed by atoms with Crippen LogP contribution in [-0.4, -0.2) is 54.8 Å². The second-order valence-corrected chi connectivity index (χ2v) is 10.2. The van der Waals surface area contributed by atoms with E-state index in [0.29, 0.717) is 11.3 Å². The second kappa shape index (κ2) is 10.1. The van der Waals surface area contributed by atoms with E-state index in [4.69, 9.17) is 4.74 Å². The summed E-state index contributed by atoms with van der Waals surface area (Å²) in [5.74, 6) is -1.03. The lowest BCUT2D eigenvalue weighted by atomic mass is 9.98. The molecule has 0 aliphatic rings. The van der Waals surface area contributed by atoms with Gasteiger partial charge in [-0.2, -0.15) is 9.78 Å². The first-order chi connectivity index (χ1) is 20.2. The fraction of sp³-hybridized carbons (Fsp3) is 0.250. The number of aromatic nitrogens is 9. The van der Waals surface area contributed by atoms with Gasteiger partial charge >= 0.3 is 17.3 Å². The molecule has 0 amide bonds. The van der Waals surface area contributed by atoms with E-state index in [1.165, 1.54) is 24.0 Å². The molecule has 4 aromatic heterocycles. The number of imidazole rings is 1. The summed E-state index contributed by atoms with van der Waals surface area (Å²) in [5.41, 5.74) is 1.19. The number of nitrogens with one attached hydrogen (secondary N) is 1. The third kappa shape index (κ3) is 4.33. The van der Waals surface area contributed by atoms with Gasteiger partial charge in [0.05, 0.1) is 11.3 Å². The van der Waals surface area contributed by atoms with E-state index in [1.807, 2.05) is 44.3 Å². The van der Waals surface area contributed by atoms with Gasteiger partial charge in [0.25, 0.3) is 0 Å². The molecule has 14 heteroatoms. The number of aromatic amines is 1. The summed E-state index contributed by atoms with van der Waals surface area (Å²) in [6.07, 6.45) is 4.17. The maximum absolute atomic E-state index is 13.1. The van der Waals surface area contributed by atoms with Crippen LogP contribution in [0.1, 0.15) is 49.2 Å². The van der Waals surface area contributed by atoms with Crippen LogP contribution in [0.15, 0.2) is 58.5 Å². The molecule has 0 bridgehead atoms. The predicted octanol–water partition coefficient (Wildman–Crippen LogP) is 2.78. The molecule has 214 valence electrons. The van der Waals surface area contributed by atoms with Gasteiger partial charge in [-0.1, -0.05) is 26.0 Å². The van der Waals surface area contributed by atoms with Crippen molar-refractivity contribution in [3.8, 4) is 28.6 Å². The number of aromatic hydroxyl groups is 1. The van der Waals surface area contributed by atoms with Gasteiger partial charge in [-0.05, 0) is 48.2 Å². The molecule has 0 fully saturated rings. The number of hydrogen-bond acceptors (Lipinski definition) is 9. The Kier molecular flexibility index (Phi) is 6.44. The van der Waals surface area contributed by atoms with Crippen LogP contribution in [0.25, 0.3) is 33.6 Å². The van der Waals surface area contributed by atoms with E-state index in [9.17, 15) is 19.5 Å². The Morgan fingerprint density at radius 2 is 1.95 bits per heavy atom. The maximum atomic E-state index is 13.1. The molecule has 42 heavy (non-hydrogen) atoms. The summed E-state index contributed by atoms with van der Waals surface area (Å²) >= 11 is 0. The fourth-order valence-electron chi connectivity index (χ4n) is 4.96. The molecule has 4 heterocycles. The van der Waals surface area contributed by atoms with Gasteiger partial charge in [0.1, 0.15) is 17.8 Å². The minimum Gasteiger partial charge on any atom is -0.507 e. The van der Waals surface area contributed by atoms with Gasteiger partial charge in [0.2, 0.25) is 0 Å². The van der Waals surface area contributed by atoms with Crippen molar-refractivity contribution in [1.82, 2.24) is 43.7 Å². The van der Waals surface area contributed by atoms with Gasteiger partial charge in [-0.3, -0.25) is 0 Å². The standard InChI is InChI=1S/C28H27N9O5/c1-5-9-35-10-8-16-11-17(6-7-20(16)35)37-24(30-32-27(37)40)19-12-18(15(2)3)22(13-21(19)38)42-26(39)23-25-31-33-34(4)28(41)36(25)14-29-23/h6-8,10-15,38H,5,9H2,1-4H3,(H,32,40). The third-order valence-corrected chi connectivity index (χ3v) is 7.04. The number of carbonyl (C=O) groups is 1. The van der Waals surface area contributed by atoms with Crippen LogP contribution in [0.4, 0.5) is 0 Å². The first kappa shape index (κ1) is 26.7. The fourth-order valence-corrected chi connectivity index (χ4v) is 4.96. The van der Waals surface area contributed by atoms with E-state index in [1.54, 1.807) is 6.07 Å². The molecule has 0 aliphatic carbocycles. The largest absolute Gasteiger partial charge is 0.507 e. The molecular formula is C28H27N9O5. The summed E-state index contributed by atoms with van der Waals surface area (Å²) < 4.78 is 11.3. The quantitative estimate of drug-likeness (QED) is 0.217. The van der Waals surface area contributed by atoms with Crippen molar-refractivity contribution in [3.05, 3.63) is 81.1 Å². The number of H-pyrrole nitrogens is 1. The summed E-state index contributed by atoms with van der Waals surface area (Å²) in [6.45, 7) is 6.77. The predicted molar refractivity (Wildman–Crippen MR) is 152 cm³/mol. The zero-order chi connectivity index (χ0) is 29.7. The molecule has 0 unspecified atom stereocenters. The Morgan fingerprint density at radius 1 is 1.14 bits per heavy atom. The van der Waals surface area contributed by atoms with E-state index in [0.717, 1.165) is 33.0 Å². The minimum atomic E-state index is -0.880. The van der Waals surface area contributed by atoms with E-state index < -0.39 is 17.3 Å². The van der Waals surface area contributed by atoms with Crippen LogP contribution in [0, 0.1) is 0 Å². The van der Waals surface area contributed by atoms with Crippen molar-refractivity contribution in [1.29, 1.82) is 0 Å². The van der Waals surface area contributed by atoms with Gasteiger partial charge < -0.3 is 14.4 Å². The van der Waals surface area contributed by atoms with Gasteiger partial charge in [0.15, 0.2) is 17.2 Å². The first-order valence-corrected chi connectivity index (χ1v) is 13.3. The van der Waals surface area contributed by atoms with Crippen LogP contribution in [-0.2, 0) is 13.6 Å². The summed E-state index contributed by atoms with van der Waals surface area (Å²) in [4.78, 5) is 42.3. The molecule has 0 spiro atoms. The maximum Gasteiger partial charge on any atom is 0.366 e. The van der Waals surface area contributed by atoms with Crippen LogP contribution < -0.4 is 16.1 Å². The average molecular weight is 570 g/mol. The number of ether oxygens (including phenoxy) is 1. The number of phenolic OH excluding ortho intramolecular Hbond substituents is 1. The van der Waals surface area contributed by atoms with Gasteiger partial charge in [0, 0.05) is 36.8 Å². The molecular weight excluding hydrogens is 542 g/mol. The van der Waals surface area contributed by atoms with Crippen molar-refractivity contribution >= 4 is 22.5 Å². The number of nitrogens with zero attached hydrogens (tertiary/aromatic N) is 8. The highest BCUT2D eigenvalue weighted by atomic mass is 16.5. The number of fused-ring (bicyclic) bond motifs is 2. The topological polar surface area (TPSA) is 167 Å². The molecule has 0 saturated heterocycles. The molecule has 6 rings (SSSR count). The highest BCUT2D eigenvalue weighted by molar-refractivity contribution is 5.95. The van der Waals surface area contributed by atoms with E-state index in [-0.39, 0.29) is 40.1 Å². The second-order valence-electron chi connectivity index (χ2n) is 10.2. The van der Waals surface area contributed by atoms with Crippen LogP contribution >= 0.6 is 0 Å². The normalized spacial score (nSPS) is 11.6. The number of esters is 1. The Balaban J connectivity index is 1.40. The van der Waals surface area contributed by atoms with Crippen LogP contribution in [0.2, 0.25) is 0 Å². The van der Waals surface area contributed by atoms with Crippen molar-refractivity contribution < 1.29 is 14.6 Å². The smallest absolute Gasteiger partial charge is 0.366 e. The zero-order valence-electron chi connectivity index (χ0n) is 23.3. The molecule has 0 radical (unpaired) electrons. The molecule has 2 aromatic carbocycles. The van der Waals surface area contributed by atoms with Crippen molar-refractivity contribution in [2.24, 2.45) is 7.05 Å². The lowest BCUT2D eigenvalue weighted by molar-refractivity contribution is 0.0729. The van der Waals surface area contributed by atoms with Gasteiger partial charge in [-0.25, -0.2) is 33.4 Å². The Bertz CT molecular complexity index is 2110. The number of hydrogen-bond donors (Lipinski definition) is 2. The number of rotatable bonds is 7. The van der Waals surface area contributed by atoms with Crippen molar-refractivity contribution in [2.75, 3.05) is 0 Å². The molecule has 2 N–H and O–H groups in total. The number of benzene rings is 2. The molecule has 14 nitrogen and oxygen atoms in total. The highest BCUT2D eigenvalue weighted by Crippen LogP contribution is 2.38. The Morgan fingerprint density at radius 3 is 2.71 bits per heavy atom. The lowest BCUT2D eigenvalue weighted by Crippen LogP contribution is -2.27. The summed E-state index contributed by atoms with van der Waals surface area (Å²) in [6, 6.07) is 10.6. The van der Waals surface area contributed by atoms with Gasteiger partial charge in [-0.15, -0.1) is 5.10 Å². The molecule has 6 aromatic rings. The highest BCUT2D eigenvalue weighted by Gasteiger charge is 2.24. The molecule has 0 saturated carbocycles. The first-order valence-electron chi connectivity index (χ1n) is 13.3. The lowest BCUT2D eigenvalue weighted by Gasteiger charge is -2.16.